The number of benzene rings is 2. The zero-order valence-electron chi connectivity index (χ0n) is 16.8. The number of anilines is 2. The molecule has 8 heteroatoms. The highest BCUT2D eigenvalue weighted by Gasteiger charge is 2.26. The van der Waals surface area contributed by atoms with Gasteiger partial charge >= 0.3 is 0 Å². The second-order valence-corrected chi connectivity index (χ2v) is 7.11. The van der Waals surface area contributed by atoms with Crippen molar-refractivity contribution in [2.45, 2.75) is 19.6 Å². The maximum atomic E-state index is 5.98. The van der Waals surface area contributed by atoms with Crippen LogP contribution < -0.4 is 10.1 Å². The first-order chi connectivity index (χ1) is 14.7. The predicted molar refractivity (Wildman–Crippen MR) is 112 cm³/mol. The second kappa shape index (κ2) is 7.64. The van der Waals surface area contributed by atoms with Gasteiger partial charge in [-0.2, -0.15) is 4.98 Å². The van der Waals surface area contributed by atoms with E-state index in [4.69, 9.17) is 14.5 Å². The molecule has 2 aromatic carbocycles. The normalized spacial score (nSPS) is 15.6. The van der Waals surface area contributed by atoms with E-state index in [1.165, 1.54) is 0 Å². The van der Waals surface area contributed by atoms with Crippen molar-refractivity contribution in [3.05, 3.63) is 78.1 Å². The van der Waals surface area contributed by atoms with Crippen LogP contribution >= 0.6 is 0 Å². The standard InChI is InChI=1S/C22H22N6O2/c1-15-13-27(14-23-15)18-9-8-17(12-19(18)29-2)24-22-25-21-20(16-6-4-3-5-7-16)30-11-10-28(21)26-22/h3-9,12-14,20H,10-11H2,1-2H3,(H,24,26). The SMILES string of the molecule is COc1cc(Nc2nc3n(n2)CCOC3c2ccccc2)ccc1-n1cnc(C)c1. The number of imidazole rings is 1. The van der Waals surface area contributed by atoms with Crippen LogP contribution in [-0.4, -0.2) is 38.0 Å². The lowest BCUT2D eigenvalue weighted by molar-refractivity contribution is 0.0390. The van der Waals surface area contributed by atoms with Gasteiger partial charge in [0.05, 0.1) is 38.0 Å². The third-order valence-electron chi connectivity index (χ3n) is 5.05. The number of hydrogen-bond donors (Lipinski definition) is 1. The molecule has 8 nitrogen and oxygen atoms in total. The molecule has 1 atom stereocenters. The quantitative estimate of drug-likeness (QED) is 0.549. The van der Waals surface area contributed by atoms with Crippen LogP contribution in [-0.2, 0) is 11.3 Å². The number of ether oxygens (including phenoxy) is 2. The van der Waals surface area contributed by atoms with Gasteiger partial charge in [0.1, 0.15) is 11.9 Å². The average molecular weight is 402 g/mol. The van der Waals surface area contributed by atoms with Crippen molar-refractivity contribution in [3.8, 4) is 11.4 Å². The number of nitrogens with one attached hydrogen (secondary N) is 1. The number of rotatable bonds is 5. The van der Waals surface area contributed by atoms with Crippen molar-refractivity contribution in [2.24, 2.45) is 0 Å². The van der Waals surface area contributed by atoms with Crippen LogP contribution in [0.2, 0.25) is 0 Å². The molecule has 152 valence electrons. The van der Waals surface area contributed by atoms with E-state index in [9.17, 15) is 0 Å². The van der Waals surface area contributed by atoms with Crippen LogP contribution in [0.1, 0.15) is 23.2 Å². The first-order valence-corrected chi connectivity index (χ1v) is 9.78. The number of aryl methyl sites for hydroxylation is 1. The number of aromatic nitrogens is 5. The van der Waals surface area contributed by atoms with Crippen molar-refractivity contribution in [1.82, 2.24) is 24.3 Å². The maximum absolute atomic E-state index is 5.98. The van der Waals surface area contributed by atoms with Crippen molar-refractivity contribution in [1.29, 1.82) is 0 Å². The Morgan fingerprint density at radius 3 is 2.80 bits per heavy atom. The molecule has 2 aromatic heterocycles. The van der Waals surface area contributed by atoms with Crippen molar-refractivity contribution in [2.75, 3.05) is 19.0 Å². The van der Waals surface area contributed by atoms with E-state index in [0.717, 1.165) is 34.2 Å². The summed E-state index contributed by atoms with van der Waals surface area (Å²) in [5.74, 6) is 2.06. The molecule has 1 aliphatic rings. The van der Waals surface area contributed by atoms with E-state index >= 15 is 0 Å². The lowest BCUT2D eigenvalue weighted by Gasteiger charge is -2.22. The first-order valence-electron chi connectivity index (χ1n) is 9.78. The number of nitrogens with zero attached hydrogens (tertiary/aromatic N) is 5. The van der Waals surface area contributed by atoms with Gasteiger partial charge in [0.15, 0.2) is 5.82 Å². The number of methoxy groups -OCH3 is 1. The van der Waals surface area contributed by atoms with Crippen LogP contribution in [0.25, 0.3) is 5.69 Å². The maximum Gasteiger partial charge on any atom is 0.246 e. The van der Waals surface area contributed by atoms with Gasteiger partial charge in [0.2, 0.25) is 5.95 Å². The summed E-state index contributed by atoms with van der Waals surface area (Å²) in [6.45, 7) is 3.23. The van der Waals surface area contributed by atoms with Crippen molar-refractivity contribution >= 4 is 11.6 Å². The summed E-state index contributed by atoms with van der Waals surface area (Å²) in [6, 6.07) is 16.0. The minimum absolute atomic E-state index is 0.218. The van der Waals surface area contributed by atoms with Crippen LogP contribution in [0.15, 0.2) is 61.1 Å². The molecular weight excluding hydrogens is 380 g/mol. The minimum Gasteiger partial charge on any atom is -0.494 e. The average Bonchev–Trinajstić information content (AvgIpc) is 3.39. The fraction of sp³-hybridized carbons (Fsp3) is 0.227. The highest BCUT2D eigenvalue weighted by molar-refractivity contribution is 5.62. The molecule has 1 N–H and O–H groups in total. The first kappa shape index (κ1) is 18.4. The predicted octanol–water partition coefficient (Wildman–Crippen LogP) is 3.64. The number of fused-ring (bicyclic) bond motifs is 1. The van der Waals surface area contributed by atoms with Crippen LogP contribution in [0, 0.1) is 6.92 Å². The van der Waals surface area contributed by atoms with Crippen molar-refractivity contribution in [3.63, 3.8) is 0 Å². The Morgan fingerprint density at radius 2 is 2.03 bits per heavy atom. The van der Waals surface area contributed by atoms with Gasteiger partial charge in [0.25, 0.3) is 0 Å². The van der Waals surface area contributed by atoms with Gasteiger partial charge in [-0.1, -0.05) is 30.3 Å². The van der Waals surface area contributed by atoms with E-state index in [1.807, 2.05) is 70.9 Å². The van der Waals surface area contributed by atoms with Gasteiger partial charge in [-0.15, -0.1) is 5.10 Å². The largest absolute Gasteiger partial charge is 0.494 e. The zero-order chi connectivity index (χ0) is 20.5. The fourth-order valence-corrected chi connectivity index (χ4v) is 3.62. The monoisotopic (exact) mass is 402 g/mol. The second-order valence-electron chi connectivity index (χ2n) is 7.11. The van der Waals surface area contributed by atoms with Gasteiger partial charge in [-0.3, -0.25) is 0 Å². The molecule has 30 heavy (non-hydrogen) atoms. The van der Waals surface area contributed by atoms with Gasteiger partial charge in [0, 0.05) is 18.0 Å². The molecule has 1 aliphatic heterocycles. The highest BCUT2D eigenvalue weighted by atomic mass is 16.5. The Hall–Kier alpha value is -3.65. The molecule has 4 aromatic rings. The van der Waals surface area contributed by atoms with Gasteiger partial charge in [-0.05, 0) is 24.6 Å². The molecule has 1 unspecified atom stereocenters. The molecule has 3 heterocycles. The summed E-state index contributed by atoms with van der Waals surface area (Å²) in [6.07, 6.45) is 3.51. The van der Waals surface area contributed by atoms with E-state index in [1.54, 1.807) is 13.4 Å². The van der Waals surface area contributed by atoms with E-state index in [2.05, 4.69) is 15.4 Å². The fourth-order valence-electron chi connectivity index (χ4n) is 3.62. The molecule has 0 bridgehead atoms. The molecule has 0 fully saturated rings. The van der Waals surface area contributed by atoms with Crippen LogP contribution in [0.3, 0.4) is 0 Å². The van der Waals surface area contributed by atoms with E-state index in [0.29, 0.717) is 19.1 Å². The Kier molecular flexibility index (Phi) is 4.68. The van der Waals surface area contributed by atoms with Crippen LogP contribution in [0.5, 0.6) is 5.75 Å². The molecule has 0 amide bonds. The Bertz CT molecular complexity index is 1170. The molecule has 0 saturated heterocycles. The molecule has 0 radical (unpaired) electrons. The van der Waals surface area contributed by atoms with Crippen LogP contribution in [0.4, 0.5) is 11.6 Å². The molecular formula is C22H22N6O2. The smallest absolute Gasteiger partial charge is 0.246 e. The lowest BCUT2D eigenvalue weighted by atomic mass is 10.1. The summed E-state index contributed by atoms with van der Waals surface area (Å²) in [5.41, 5.74) is 3.77. The molecule has 0 aliphatic carbocycles. The summed E-state index contributed by atoms with van der Waals surface area (Å²) < 4.78 is 15.4. The molecule has 5 rings (SSSR count). The zero-order valence-corrected chi connectivity index (χ0v) is 16.8. The summed E-state index contributed by atoms with van der Waals surface area (Å²) in [7, 11) is 1.65. The summed E-state index contributed by atoms with van der Waals surface area (Å²) in [5, 5.41) is 7.91. The minimum atomic E-state index is -0.218. The topological polar surface area (TPSA) is 79.0 Å². The van der Waals surface area contributed by atoms with E-state index < -0.39 is 0 Å². The van der Waals surface area contributed by atoms with Gasteiger partial charge in [-0.25, -0.2) is 9.67 Å². The third kappa shape index (κ3) is 3.42. The number of hydrogen-bond acceptors (Lipinski definition) is 6. The Morgan fingerprint density at radius 1 is 1.17 bits per heavy atom. The molecule has 0 saturated carbocycles. The summed E-state index contributed by atoms with van der Waals surface area (Å²) in [4.78, 5) is 8.99. The van der Waals surface area contributed by atoms with Gasteiger partial charge < -0.3 is 19.4 Å². The Balaban J connectivity index is 1.42. The van der Waals surface area contributed by atoms with Crippen molar-refractivity contribution < 1.29 is 9.47 Å². The molecule has 0 spiro atoms. The summed E-state index contributed by atoms with van der Waals surface area (Å²) >= 11 is 0. The van der Waals surface area contributed by atoms with E-state index in [-0.39, 0.29) is 6.10 Å². The lowest BCUT2D eigenvalue weighted by Crippen LogP contribution is -2.23. The third-order valence-corrected chi connectivity index (χ3v) is 5.05. The Labute approximate surface area is 174 Å². The highest BCUT2D eigenvalue weighted by Crippen LogP contribution is 2.31.